The maximum atomic E-state index is 11.9. The van der Waals surface area contributed by atoms with Crippen LogP contribution in [0.5, 0.6) is 0 Å². The summed E-state index contributed by atoms with van der Waals surface area (Å²) < 4.78 is 54.2. The predicted octanol–water partition coefficient (Wildman–Crippen LogP) is 0.0386. The van der Waals surface area contributed by atoms with Crippen LogP contribution >= 0.6 is 0 Å². The van der Waals surface area contributed by atoms with Crippen molar-refractivity contribution in [3.63, 3.8) is 0 Å². The van der Waals surface area contributed by atoms with Gasteiger partial charge in [0.25, 0.3) is 10.1 Å². The Kier molecular flexibility index (Phi) is 4.73. The van der Waals surface area contributed by atoms with Crippen LogP contribution < -0.4 is 4.31 Å². The number of anilines is 1. The van der Waals surface area contributed by atoms with Gasteiger partial charge in [-0.05, 0) is 18.2 Å². The summed E-state index contributed by atoms with van der Waals surface area (Å²) in [5.41, 5.74) is -0.0143. The highest BCUT2D eigenvalue weighted by Gasteiger charge is 2.22. The normalized spacial score (nSPS) is 12.1. The number of aromatic carboxylic acids is 1. The third kappa shape index (κ3) is 4.47. The predicted molar refractivity (Wildman–Crippen MR) is 72.0 cm³/mol. The number of hydrogen-bond donors (Lipinski definition) is 2. The molecule has 0 atom stereocenters. The Morgan fingerprint density at radius 2 is 1.80 bits per heavy atom. The third-order valence-corrected chi connectivity index (χ3v) is 5.22. The summed E-state index contributed by atoms with van der Waals surface area (Å²) in [5.74, 6) is -2.95. The van der Waals surface area contributed by atoms with Crippen molar-refractivity contribution in [2.75, 3.05) is 22.9 Å². The van der Waals surface area contributed by atoms with Crippen molar-refractivity contribution in [3.05, 3.63) is 29.8 Å². The lowest BCUT2D eigenvalue weighted by molar-refractivity contribution is 0.0697. The second-order valence-corrected chi connectivity index (χ2v) is 7.62. The van der Waals surface area contributed by atoms with Crippen molar-refractivity contribution >= 4 is 31.8 Å². The highest BCUT2D eigenvalue weighted by molar-refractivity contribution is 7.94. The molecule has 0 saturated carbocycles. The van der Waals surface area contributed by atoms with E-state index in [1.807, 2.05) is 0 Å². The lowest BCUT2D eigenvalue weighted by Crippen LogP contribution is -2.31. The molecule has 0 aliphatic heterocycles. The summed E-state index contributed by atoms with van der Waals surface area (Å²) >= 11 is 0. The molecule has 10 heteroatoms. The summed E-state index contributed by atoms with van der Waals surface area (Å²) in [4.78, 5) is 10.8. The largest absolute Gasteiger partial charge is 0.478 e. The first-order valence-electron chi connectivity index (χ1n) is 5.28. The van der Waals surface area contributed by atoms with Crippen molar-refractivity contribution in [3.8, 4) is 0 Å². The Balaban J connectivity index is 3.02. The number of benzene rings is 1. The standard InChI is InChI=1S/C10H13NO7S2/c1-11(19(14,15)5-6-20(16,17)18)9-4-2-3-8(7-9)10(12)13/h2-4,7H,5-6H2,1H3,(H,12,13)(H,16,17,18). The molecule has 0 aliphatic rings. The fourth-order valence-electron chi connectivity index (χ4n) is 1.34. The molecule has 2 N–H and O–H groups in total. The first kappa shape index (κ1) is 16.4. The molecule has 0 heterocycles. The maximum absolute atomic E-state index is 11.9. The van der Waals surface area contributed by atoms with Crippen molar-refractivity contribution in [1.82, 2.24) is 0 Å². The number of carbonyl (C=O) groups is 1. The molecule has 0 amide bonds. The van der Waals surface area contributed by atoms with Gasteiger partial charge < -0.3 is 5.11 Å². The number of sulfonamides is 1. The zero-order chi connectivity index (χ0) is 15.6. The van der Waals surface area contributed by atoms with E-state index in [1.54, 1.807) is 0 Å². The van der Waals surface area contributed by atoms with Crippen LogP contribution in [0.3, 0.4) is 0 Å². The van der Waals surface area contributed by atoms with Gasteiger partial charge in [0.05, 0.1) is 22.8 Å². The van der Waals surface area contributed by atoms with Gasteiger partial charge in [0.15, 0.2) is 0 Å². The van der Waals surface area contributed by atoms with Gasteiger partial charge in [0, 0.05) is 7.05 Å². The quantitative estimate of drug-likeness (QED) is 0.707. The molecule has 0 bridgehead atoms. The zero-order valence-corrected chi connectivity index (χ0v) is 12.1. The second-order valence-electron chi connectivity index (χ2n) is 3.93. The Bertz CT molecular complexity index is 709. The highest BCUT2D eigenvalue weighted by Crippen LogP contribution is 2.18. The molecule has 1 rings (SSSR count). The minimum Gasteiger partial charge on any atom is -0.478 e. The van der Waals surface area contributed by atoms with E-state index in [-0.39, 0.29) is 11.3 Å². The molecule has 0 fully saturated rings. The van der Waals surface area contributed by atoms with Crippen LogP contribution in [0.2, 0.25) is 0 Å². The number of nitrogens with zero attached hydrogens (tertiary/aromatic N) is 1. The topological polar surface area (TPSA) is 129 Å². The van der Waals surface area contributed by atoms with Crippen molar-refractivity contribution < 1.29 is 31.3 Å². The second kappa shape index (κ2) is 5.77. The van der Waals surface area contributed by atoms with Gasteiger partial charge in [-0.15, -0.1) is 0 Å². The average Bonchev–Trinajstić information content (AvgIpc) is 2.35. The van der Waals surface area contributed by atoms with Crippen LogP contribution in [-0.2, 0) is 20.1 Å². The molecular formula is C10H13NO7S2. The Labute approximate surface area is 116 Å². The average molecular weight is 323 g/mol. The van der Waals surface area contributed by atoms with Gasteiger partial charge in [-0.3, -0.25) is 8.86 Å². The molecular weight excluding hydrogens is 310 g/mol. The van der Waals surface area contributed by atoms with E-state index in [0.29, 0.717) is 0 Å². The highest BCUT2D eigenvalue weighted by atomic mass is 32.2. The molecule has 0 saturated heterocycles. The number of hydrogen-bond acceptors (Lipinski definition) is 5. The number of carboxylic acids is 1. The fraction of sp³-hybridized carbons (Fsp3) is 0.300. The smallest absolute Gasteiger partial charge is 0.335 e. The fourth-order valence-corrected chi connectivity index (χ4v) is 3.74. The minimum absolute atomic E-state index is 0.0836. The molecule has 8 nitrogen and oxygen atoms in total. The summed E-state index contributed by atoms with van der Waals surface area (Å²) in [7, 11) is -7.22. The van der Waals surface area contributed by atoms with Crippen molar-refractivity contribution in [1.29, 1.82) is 0 Å². The van der Waals surface area contributed by atoms with Crippen LogP contribution in [-0.4, -0.2) is 51.0 Å². The van der Waals surface area contributed by atoms with Crippen LogP contribution in [0.15, 0.2) is 24.3 Å². The SMILES string of the molecule is CN(c1cccc(C(=O)O)c1)S(=O)(=O)CCS(=O)(=O)O. The van der Waals surface area contributed by atoms with E-state index >= 15 is 0 Å². The van der Waals surface area contributed by atoms with Gasteiger partial charge >= 0.3 is 5.97 Å². The number of carboxylic acid groups (broad SMARTS) is 1. The van der Waals surface area contributed by atoms with E-state index in [0.717, 1.165) is 10.4 Å². The molecule has 1 aromatic rings. The molecule has 0 aliphatic carbocycles. The van der Waals surface area contributed by atoms with Gasteiger partial charge in [-0.1, -0.05) is 6.07 Å². The third-order valence-electron chi connectivity index (χ3n) is 2.47. The van der Waals surface area contributed by atoms with Gasteiger partial charge in [0.2, 0.25) is 10.0 Å². The molecule has 1 aromatic carbocycles. The molecule has 0 spiro atoms. The van der Waals surface area contributed by atoms with Gasteiger partial charge in [0.1, 0.15) is 0 Å². The van der Waals surface area contributed by atoms with E-state index in [9.17, 15) is 21.6 Å². The van der Waals surface area contributed by atoms with E-state index in [4.69, 9.17) is 9.66 Å². The molecule has 20 heavy (non-hydrogen) atoms. The Morgan fingerprint density at radius 1 is 1.20 bits per heavy atom. The van der Waals surface area contributed by atoms with Crippen molar-refractivity contribution in [2.45, 2.75) is 0 Å². The first-order valence-corrected chi connectivity index (χ1v) is 8.50. The Hall–Kier alpha value is -1.65. The number of rotatable bonds is 6. The van der Waals surface area contributed by atoms with Crippen LogP contribution in [0.1, 0.15) is 10.4 Å². The molecule has 112 valence electrons. The Morgan fingerprint density at radius 3 is 2.30 bits per heavy atom. The monoisotopic (exact) mass is 323 g/mol. The van der Waals surface area contributed by atoms with Gasteiger partial charge in [-0.25, -0.2) is 13.2 Å². The summed E-state index contributed by atoms with van der Waals surface area (Å²) in [6.07, 6.45) is 0. The van der Waals surface area contributed by atoms with Crippen LogP contribution in [0.25, 0.3) is 0 Å². The lowest BCUT2D eigenvalue weighted by Gasteiger charge is -2.19. The molecule has 0 aromatic heterocycles. The van der Waals surface area contributed by atoms with Crippen LogP contribution in [0, 0.1) is 0 Å². The summed E-state index contributed by atoms with van der Waals surface area (Å²) in [5, 5.41) is 8.82. The first-order chi connectivity index (χ1) is 9.03. The van der Waals surface area contributed by atoms with E-state index in [1.165, 1.54) is 25.2 Å². The van der Waals surface area contributed by atoms with E-state index in [2.05, 4.69) is 0 Å². The zero-order valence-electron chi connectivity index (χ0n) is 10.4. The van der Waals surface area contributed by atoms with E-state index < -0.39 is 37.6 Å². The maximum Gasteiger partial charge on any atom is 0.335 e. The minimum atomic E-state index is -4.39. The van der Waals surface area contributed by atoms with Crippen LogP contribution in [0.4, 0.5) is 5.69 Å². The molecule has 0 unspecified atom stereocenters. The summed E-state index contributed by atoms with van der Waals surface area (Å²) in [6.45, 7) is 0. The van der Waals surface area contributed by atoms with Gasteiger partial charge in [-0.2, -0.15) is 8.42 Å². The summed E-state index contributed by atoms with van der Waals surface area (Å²) in [6, 6.07) is 5.18. The lowest BCUT2D eigenvalue weighted by atomic mass is 10.2. The van der Waals surface area contributed by atoms with Crippen molar-refractivity contribution in [2.24, 2.45) is 0 Å². The molecule has 0 radical (unpaired) electrons.